The van der Waals surface area contributed by atoms with Crippen LogP contribution in [0.3, 0.4) is 0 Å². The lowest BCUT2D eigenvalue weighted by Gasteiger charge is -2.29. The second-order valence-corrected chi connectivity index (χ2v) is 7.17. The molecule has 26 heavy (non-hydrogen) atoms. The normalized spacial score (nSPS) is 14.2. The molecular weight excluding hydrogens is 318 g/mol. The fourth-order valence-electron chi connectivity index (χ4n) is 3.66. The Labute approximate surface area is 155 Å². The number of rotatable bonds is 4. The van der Waals surface area contributed by atoms with E-state index >= 15 is 0 Å². The molecule has 1 aliphatic rings. The molecule has 0 N–H and O–H groups in total. The molecule has 0 spiro atoms. The highest BCUT2D eigenvalue weighted by Crippen LogP contribution is 2.28. The van der Waals surface area contributed by atoms with Crippen molar-refractivity contribution in [1.29, 1.82) is 0 Å². The van der Waals surface area contributed by atoms with Gasteiger partial charge in [0.2, 0.25) is 0 Å². The lowest BCUT2D eigenvalue weighted by atomic mass is 9.98. The summed E-state index contributed by atoms with van der Waals surface area (Å²) < 4.78 is 0. The van der Waals surface area contributed by atoms with Gasteiger partial charge < -0.3 is 0 Å². The van der Waals surface area contributed by atoms with Crippen LogP contribution in [0.2, 0.25) is 0 Å². The molecule has 0 saturated carbocycles. The van der Waals surface area contributed by atoms with Crippen LogP contribution < -0.4 is 0 Å². The summed E-state index contributed by atoms with van der Waals surface area (Å²) in [7, 11) is 0. The van der Waals surface area contributed by atoms with Crippen LogP contribution in [0.15, 0.2) is 54.6 Å². The fraction of sp³-hybridized carbons (Fsp3) is 0.304. The molecule has 3 nitrogen and oxygen atoms in total. The molecule has 2 heterocycles. The second-order valence-electron chi connectivity index (χ2n) is 7.17. The maximum Gasteiger partial charge on any atom is 0.126 e. The molecule has 0 atom stereocenters. The van der Waals surface area contributed by atoms with Crippen LogP contribution in [0.5, 0.6) is 0 Å². The molecule has 3 heteroatoms. The SMILES string of the molecule is Cc1ccc(CCN2CCc3nc(C)nc(-c4ccccc4)c3C2)cc1. The summed E-state index contributed by atoms with van der Waals surface area (Å²) in [5.74, 6) is 0.871. The van der Waals surface area contributed by atoms with Gasteiger partial charge in [-0.1, -0.05) is 60.2 Å². The molecule has 4 rings (SSSR count). The van der Waals surface area contributed by atoms with E-state index in [1.807, 2.05) is 6.92 Å². The Hall–Kier alpha value is -2.52. The van der Waals surface area contributed by atoms with E-state index in [9.17, 15) is 0 Å². The first-order valence-electron chi connectivity index (χ1n) is 9.39. The monoisotopic (exact) mass is 343 g/mol. The first-order valence-corrected chi connectivity index (χ1v) is 9.39. The number of fused-ring (bicyclic) bond motifs is 1. The minimum atomic E-state index is 0.871. The van der Waals surface area contributed by atoms with Crippen molar-refractivity contribution in [3.63, 3.8) is 0 Å². The van der Waals surface area contributed by atoms with Gasteiger partial charge in [-0.2, -0.15) is 0 Å². The standard InChI is InChI=1S/C23H25N3/c1-17-8-10-19(11-9-17)12-14-26-15-13-22-21(16-26)23(25-18(2)24-22)20-6-4-3-5-7-20/h3-11H,12-16H2,1-2H3. The van der Waals surface area contributed by atoms with E-state index in [4.69, 9.17) is 9.97 Å². The summed E-state index contributed by atoms with van der Waals surface area (Å²) in [5.41, 5.74) is 7.55. The fourth-order valence-corrected chi connectivity index (χ4v) is 3.66. The van der Waals surface area contributed by atoms with Gasteiger partial charge in [0.05, 0.1) is 11.4 Å². The van der Waals surface area contributed by atoms with Gasteiger partial charge in [-0.3, -0.25) is 4.90 Å². The van der Waals surface area contributed by atoms with Crippen molar-refractivity contribution in [2.45, 2.75) is 33.2 Å². The zero-order valence-corrected chi connectivity index (χ0v) is 15.6. The van der Waals surface area contributed by atoms with Crippen molar-refractivity contribution < 1.29 is 0 Å². The van der Waals surface area contributed by atoms with Gasteiger partial charge in [-0.25, -0.2) is 9.97 Å². The average molecular weight is 343 g/mol. The minimum Gasteiger partial charge on any atom is -0.298 e. The maximum absolute atomic E-state index is 4.78. The molecule has 2 aromatic carbocycles. The van der Waals surface area contributed by atoms with Crippen molar-refractivity contribution in [3.05, 3.63) is 82.8 Å². The number of aryl methyl sites for hydroxylation is 2. The van der Waals surface area contributed by atoms with Crippen LogP contribution >= 0.6 is 0 Å². The highest BCUT2D eigenvalue weighted by Gasteiger charge is 2.22. The van der Waals surface area contributed by atoms with E-state index < -0.39 is 0 Å². The molecular formula is C23H25N3. The Morgan fingerprint density at radius 3 is 2.46 bits per heavy atom. The maximum atomic E-state index is 4.78. The molecule has 0 fully saturated rings. The molecule has 0 radical (unpaired) electrons. The van der Waals surface area contributed by atoms with Crippen LogP contribution in [-0.4, -0.2) is 28.0 Å². The second kappa shape index (κ2) is 7.38. The number of nitrogens with zero attached hydrogens (tertiary/aromatic N) is 3. The van der Waals surface area contributed by atoms with E-state index in [1.54, 1.807) is 0 Å². The van der Waals surface area contributed by atoms with Crippen LogP contribution in [0.25, 0.3) is 11.3 Å². The summed E-state index contributed by atoms with van der Waals surface area (Å²) in [4.78, 5) is 12.0. The quantitative estimate of drug-likeness (QED) is 0.705. The van der Waals surface area contributed by atoms with Crippen LogP contribution in [0.4, 0.5) is 0 Å². The van der Waals surface area contributed by atoms with Gasteiger partial charge in [0.1, 0.15) is 5.82 Å². The molecule has 0 amide bonds. The van der Waals surface area contributed by atoms with E-state index in [1.165, 1.54) is 27.9 Å². The third-order valence-electron chi connectivity index (χ3n) is 5.14. The lowest BCUT2D eigenvalue weighted by Crippen LogP contribution is -2.33. The van der Waals surface area contributed by atoms with Crippen molar-refractivity contribution in [3.8, 4) is 11.3 Å². The smallest absolute Gasteiger partial charge is 0.126 e. The van der Waals surface area contributed by atoms with Gasteiger partial charge in [0.25, 0.3) is 0 Å². The summed E-state index contributed by atoms with van der Waals surface area (Å²) in [5, 5.41) is 0. The van der Waals surface area contributed by atoms with E-state index in [0.717, 1.165) is 44.0 Å². The van der Waals surface area contributed by atoms with Crippen molar-refractivity contribution in [2.75, 3.05) is 13.1 Å². The van der Waals surface area contributed by atoms with Crippen molar-refractivity contribution >= 4 is 0 Å². The molecule has 1 aliphatic heterocycles. The number of hydrogen-bond donors (Lipinski definition) is 0. The molecule has 132 valence electrons. The largest absolute Gasteiger partial charge is 0.298 e. The Morgan fingerprint density at radius 1 is 0.923 bits per heavy atom. The Kier molecular flexibility index (Phi) is 4.81. The molecule has 0 bridgehead atoms. The molecule has 1 aromatic heterocycles. The predicted octanol–water partition coefficient (Wildman–Crippen LogP) is 4.36. The Bertz CT molecular complexity index is 885. The third-order valence-corrected chi connectivity index (χ3v) is 5.14. The van der Waals surface area contributed by atoms with Gasteiger partial charge in [-0.15, -0.1) is 0 Å². The number of aromatic nitrogens is 2. The van der Waals surface area contributed by atoms with Gasteiger partial charge in [-0.05, 0) is 25.8 Å². The summed E-state index contributed by atoms with van der Waals surface area (Å²) in [6.45, 7) is 7.22. The van der Waals surface area contributed by atoms with Crippen LogP contribution in [-0.2, 0) is 19.4 Å². The topological polar surface area (TPSA) is 29.0 Å². The van der Waals surface area contributed by atoms with Gasteiger partial charge in [0, 0.05) is 37.2 Å². The Morgan fingerprint density at radius 2 is 1.69 bits per heavy atom. The number of hydrogen-bond acceptors (Lipinski definition) is 3. The van der Waals surface area contributed by atoms with Crippen molar-refractivity contribution in [2.24, 2.45) is 0 Å². The van der Waals surface area contributed by atoms with Gasteiger partial charge in [0.15, 0.2) is 0 Å². The van der Waals surface area contributed by atoms with Crippen LogP contribution in [0.1, 0.15) is 28.2 Å². The van der Waals surface area contributed by atoms with E-state index in [0.29, 0.717) is 0 Å². The van der Waals surface area contributed by atoms with Crippen LogP contribution in [0, 0.1) is 13.8 Å². The minimum absolute atomic E-state index is 0.871. The van der Waals surface area contributed by atoms with E-state index in [-0.39, 0.29) is 0 Å². The third kappa shape index (κ3) is 3.68. The first-order chi connectivity index (χ1) is 12.7. The zero-order valence-electron chi connectivity index (χ0n) is 15.6. The predicted molar refractivity (Wildman–Crippen MR) is 106 cm³/mol. The van der Waals surface area contributed by atoms with Crippen molar-refractivity contribution in [1.82, 2.24) is 14.9 Å². The average Bonchev–Trinajstić information content (AvgIpc) is 2.67. The molecule has 3 aromatic rings. The first kappa shape index (κ1) is 16.9. The summed E-state index contributed by atoms with van der Waals surface area (Å²) in [6.07, 6.45) is 2.09. The van der Waals surface area contributed by atoms with Gasteiger partial charge >= 0.3 is 0 Å². The summed E-state index contributed by atoms with van der Waals surface area (Å²) >= 11 is 0. The highest BCUT2D eigenvalue weighted by atomic mass is 15.1. The number of benzene rings is 2. The highest BCUT2D eigenvalue weighted by molar-refractivity contribution is 5.64. The van der Waals surface area contributed by atoms with E-state index in [2.05, 4.69) is 66.4 Å². The Balaban J connectivity index is 1.55. The lowest BCUT2D eigenvalue weighted by molar-refractivity contribution is 0.255. The zero-order chi connectivity index (χ0) is 17.9. The molecule has 0 aliphatic carbocycles. The molecule has 0 unspecified atom stereocenters. The summed E-state index contributed by atoms with van der Waals surface area (Å²) in [6, 6.07) is 19.4. The molecule has 0 saturated heterocycles.